The molecule has 1 aromatic carbocycles. The highest BCUT2D eigenvalue weighted by Gasteiger charge is 2.21. The van der Waals surface area contributed by atoms with Crippen molar-refractivity contribution in [2.24, 2.45) is 0 Å². The highest BCUT2D eigenvalue weighted by molar-refractivity contribution is 5.53. The number of ether oxygens (including phenoxy) is 1. The fraction of sp³-hybridized carbons (Fsp3) is 0.333. The Morgan fingerprint density at radius 2 is 2.27 bits per heavy atom. The van der Waals surface area contributed by atoms with E-state index < -0.39 is 5.82 Å². The number of benzene rings is 1. The van der Waals surface area contributed by atoms with Crippen LogP contribution in [-0.4, -0.2) is 29.5 Å². The minimum absolute atomic E-state index is 0.0421. The minimum Gasteiger partial charge on any atom is -0.505 e. The molecule has 2 N–H and O–H groups in total. The summed E-state index contributed by atoms with van der Waals surface area (Å²) in [6, 6.07) is 4.33. The zero-order valence-electron chi connectivity index (χ0n) is 12.7. The molecule has 0 saturated heterocycles. The Hall–Kier alpha value is -1.91. The summed E-state index contributed by atoms with van der Waals surface area (Å²) >= 11 is 0. The molecule has 3 nitrogen and oxygen atoms in total. The summed E-state index contributed by atoms with van der Waals surface area (Å²) < 4.78 is 18.9. The van der Waals surface area contributed by atoms with Gasteiger partial charge < -0.3 is 14.9 Å². The molecule has 0 fully saturated rings. The highest BCUT2D eigenvalue weighted by atomic mass is 19.1. The Morgan fingerprint density at radius 1 is 1.50 bits per heavy atom. The predicted molar refractivity (Wildman–Crippen MR) is 85.0 cm³/mol. The number of aliphatic hydroxyl groups excluding tert-OH is 1. The van der Waals surface area contributed by atoms with Gasteiger partial charge in [0.2, 0.25) is 0 Å². The maximum atomic E-state index is 13.3. The number of phenols is 1. The Labute approximate surface area is 130 Å². The van der Waals surface area contributed by atoms with E-state index in [1.165, 1.54) is 12.1 Å². The molecule has 22 heavy (non-hydrogen) atoms. The van der Waals surface area contributed by atoms with Crippen molar-refractivity contribution in [3.63, 3.8) is 0 Å². The molecule has 1 aliphatic heterocycles. The summed E-state index contributed by atoms with van der Waals surface area (Å²) in [6.45, 7) is 6.30. The van der Waals surface area contributed by atoms with E-state index in [0.717, 1.165) is 29.6 Å². The molecular formula is C18H21FO3. The standard InChI is InChI=1S/C18H21FO3/c1-12(9-14-4-5-17(21)16(19)10-14)3-6-18-15(7-8-22-18)13(2)11-20/h4-5,7,9-10,18,20-21H,2-3,6,8,11H2,1H3/b12-9+. The van der Waals surface area contributed by atoms with E-state index in [1.807, 2.05) is 19.1 Å². The first-order valence-corrected chi connectivity index (χ1v) is 7.27. The molecule has 1 atom stereocenters. The van der Waals surface area contributed by atoms with Crippen molar-refractivity contribution in [1.82, 2.24) is 0 Å². The van der Waals surface area contributed by atoms with Crippen LogP contribution in [0.3, 0.4) is 0 Å². The van der Waals surface area contributed by atoms with Gasteiger partial charge in [0.25, 0.3) is 0 Å². The third-order valence-electron chi connectivity index (χ3n) is 3.73. The molecule has 0 bridgehead atoms. The van der Waals surface area contributed by atoms with E-state index in [-0.39, 0.29) is 18.5 Å². The number of phenolic OH excluding ortho intramolecular Hbond substituents is 1. The van der Waals surface area contributed by atoms with Crippen LogP contribution in [-0.2, 0) is 4.74 Å². The van der Waals surface area contributed by atoms with Gasteiger partial charge >= 0.3 is 0 Å². The number of aromatic hydroxyl groups is 1. The lowest BCUT2D eigenvalue weighted by Crippen LogP contribution is -2.12. The van der Waals surface area contributed by atoms with Gasteiger partial charge in [-0.25, -0.2) is 4.39 Å². The number of hydrogen-bond donors (Lipinski definition) is 2. The second-order valence-electron chi connectivity index (χ2n) is 5.48. The molecule has 1 heterocycles. The molecule has 1 aliphatic rings. The fourth-order valence-corrected chi connectivity index (χ4v) is 2.51. The van der Waals surface area contributed by atoms with Crippen LogP contribution in [0.25, 0.3) is 6.08 Å². The van der Waals surface area contributed by atoms with Crippen LogP contribution in [0.4, 0.5) is 4.39 Å². The van der Waals surface area contributed by atoms with Gasteiger partial charge in [-0.05, 0) is 48.6 Å². The van der Waals surface area contributed by atoms with Gasteiger partial charge in [-0.1, -0.05) is 30.4 Å². The molecule has 0 aromatic heterocycles. The van der Waals surface area contributed by atoms with Crippen molar-refractivity contribution < 1.29 is 19.3 Å². The number of hydrogen-bond acceptors (Lipinski definition) is 3. The molecule has 2 rings (SSSR count). The second-order valence-corrected chi connectivity index (χ2v) is 5.48. The fourth-order valence-electron chi connectivity index (χ4n) is 2.51. The zero-order chi connectivity index (χ0) is 16.1. The monoisotopic (exact) mass is 304 g/mol. The van der Waals surface area contributed by atoms with Crippen molar-refractivity contribution >= 4 is 6.08 Å². The van der Waals surface area contributed by atoms with Crippen LogP contribution in [0.15, 0.2) is 47.6 Å². The number of aliphatic hydroxyl groups is 1. The number of halogens is 1. The average molecular weight is 304 g/mol. The van der Waals surface area contributed by atoms with Gasteiger partial charge in [0.1, 0.15) is 0 Å². The van der Waals surface area contributed by atoms with Crippen LogP contribution in [0.1, 0.15) is 25.3 Å². The van der Waals surface area contributed by atoms with Gasteiger partial charge in [0.05, 0.1) is 19.3 Å². The van der Waals surface area contributed by atoms with Gasteiger partial charge in [0.15, 0.2) is 11.6 Å². The largest absolute Gasteiger partial charge is 0.505 e. The van der Waals surface area contributed by atoms with Crippen molar-refractivity contribution in [2.75, 3.05) is 13.2 Å². The Bertz CT molecular complexity index is 617. The first kappa shape index (κ1) is 16.5. The molecule has 118 valence electrons. The lowest BCUT2D eigenvalue weighted by atomic mass is 9.97. The quantitative estimate of drug-likeness (QED) is 0.844. The van der Waals surface area contributed by atoms with E-state index in [1.54, 1.807) is 6.07 Å². The van der Waals surface area contributed by atoms with E-state index in [4.69, 9.17) is 4.74 Å². The molecule has 0 saturated carbocycles. The summed E-state index contributed by atoms with van der Waals surface area (Å²) in [4.78, 5) is 0. The first-order chi connectivity index (χ1) is 10.5. The second kappa shape index (κ2) is 7.38. The summed E-state index contributed by atoms with van der Waals surface area (Å²) in [5, 5.41) is 18.4. The zero-order valence-corrected chi connectivity index (χ0v) is 12.7. The number of rotatable bonds is 6. The molecule has 0 amide bonds. The van der Waals surface area contributed by atoms with Gasteiger partial charge in [-0.2, -0.15) is 0 Å². The third-order valence-corrected chi connectivity index (χ3v) is 3.73. The Kier molecular flexibility index (Phi) is 5.52. The Morgan fingerprint density at radius 3 is 2.95 bits per heavy atom. The smallest absolute Gasteiger partial charge is 0.165 e. The molecule has 0 spiro atoms. The van der Waals surface area contributed by atoms with Crippen LogP contribution < -0.4 is 0 Å². The first-order valence-electron chi connectivity index (χ1n) is 7.27. The summed E-state index contributed by atoms with van der Waals surface area (Å²) in [7, 11) is 0. The molecular weight excluding hydrogens is 283 g/mol. The van der Waals surface area contributed by atoms with Crippen LogP contribution in [0, 0.1) is 5.82 Å². The van der Waals surface area contributed by atoms with Crippen molar-refractivity contribution in [3.05, 3.63) is 59.0 Å². The van der Waals surface area contributed by atoms with Gasteiger partial charge in [0, 0.05) is 0 Å². The summed E-state index contributed by atoms with van der Waals surface area (Å²) in [5.74, 6) is -0.961. The normalized spacial score (nSPS) is 18.4. The molecule has 0 radical (unpaired) electrons. The molecule has 0 aliphatic carbocycles. The lowest BCUT2D eigenvalue weighted by Gasteiger charge is -2.15. The third kappa shape index (κ3) is 4.06. The van der Waals surface area contributed by atoms with Crippen LogP contribution >= 0.6 is 0 Å². The molecule has 4 heteroatoms. The van der Waals surface area contributed by atoms with Crippen molar-refractivity contribution in [1.29, 1.82) is 0 Å². The lowest BCUT2D eigenvalue weighted by molar-refractivity contribution is 0.116. The molecule has 1 aromatic rings. The van der Waals surface area contributed by atoms with Crippen LogP contribution in [0.5, 0.6) is 5.75 Å². The maximum absolute atomic E-state index is 13.3. The minimum atomic E-state index is -0.620. The average Bonchev–Trinajstić information content (AvgIpc) is 2.96. The van der Waals surface area contributed by atoms with Crippen molar-refractivity contribution in [2.45, 2.75) is 25.9 Å². The van der Waals surface area contributed by atoms with E-state index >= 15 is 0 Å². The van der Waals surface area contributed by atoms with Gasteiger partial charge in [-0.15, -0.1) is 0 Å². The number of allylic oxidation sites excluding steroid dienone is 1. The van der Waals surface area contributed by atoms with Gasteiger partial charge in [-0.3, -0.25) is 0 Å². The maximum Gasteiger partial charge on any atom is 0.165 e. The van der Waals surface area contributed by atoms with E-state index in [9.17, 15) is 14.6 Å². The SMILES string of the molecule is C=C(CO)C1=CCOC1CC/C(C)=C/c1ccc(O)c(F)c1. The van der Waals surface area contributed by atoms with Crippen LogP contribution in [0.2, 0.25) is 0 Å². The van der Waals surface area contributed by atoms with E-state index in [2.05, 4.69) is 6.58 Å². The topological polar surface area (TPSA) is 49.7 Å². The van der Waals surface area contributed by atoms with Crippen molar-refractivity contribution in [3.8, 4) is 5.75 Å². The summed E-state index contributed by atoms with van der Waals surface area (Å²) in [6.07, 6.45) is 5.38. The molecule has 1 unspecified atom stereocenters. The summed E-state index contributed by atoms with van der Waals surface area (Å²) in [5.41, 5.74) is 3.49. The van der Waals surface area contributed by atoms with E-state index in [0.29, 0.717) is 12.2 Å². The highest BCUT2D eigenvalue weighted by Crippen LogP contribution is 2.26. The predicted octanol–water partition coefficient (Wildman–Crippen LogP) is 3.59. The Balaban J connectivity index is 1.96.